The Morgan fingerprint density at radius 3 is 2.48 bits per heavy atom. The topological polar surface area (TPSA) is 76.4 Å². The molecule has 0 spiro atoms. The highest BCUT2D eigenvalue weighted by Gasteiger charge is 2.09. The maximum Gasteiger partial charge on any atom is 0.191 e. The molecule has 0 saturated carbocycles. The molecule has 2 rings (SSSR count). The van der Waals surface area contributed by atoms with E-state index in [9.17, 15) is 0 Å². The number of unbranched alkanes of at least 4 members (excludes halogenated alkanes) is 1. The van der Waals surface area contributed by atoms with E-state index in [0.29, 0.717) is 12.5 Å². The summed E-state index contributed by atoms with van der Waals surface area (Å²) in [5.41, 5.74) is 1.26. The van der Waals surface area contributed by atoms with Crippen LogP contribution in [0.3, 0.4) is 0 Å². The third-order valence-corrected chi connectivity index (χ3v) is 5.53. The second kappa shape index (κ2) is 15.0. The van der Waals surface area contributed by atoms with Crippen molar-refractivity contribution in [1.29, 1.82) is 0 Å². The van der Waals surface area contributed by atoms with Crippen molar-refractivity contribution in [3.63, 3.8) is 0 Å². The van der Waals surface area contributed by atoms with Crippen molar-refractivity contribution in [2.75, 3.05) is 20.2 Å². The van der Waals surface area contributed by atoms with E-state index >= 15 is 0 Å². The molecule has 0 aliphatic heterocycles. The molecule has 2 N–H and O–H groups in total. The van der Waals surface area contributed by atoms with Gasteiger partial charge in [0.2, 0.25) is 0 Å². The first-order valence-corrected chi connectivity index (χ1v) is 11.1. The Bertz CT molecular complexity index is 775. The van der Waals surface area contributed by atoms with E-state index in [0.717, 1.165) is 42.9 Å². The molecular weight excluding hydrogens is 503 g/mol. The molecule has 0 amide bonds. The average Bonchev–Trinajstić information content (AvgIpc) is 3.09. The van der Waals surface area contributed by atoms with E-state index in [-0.39, 0.29) is 24.0 Å². The van der Waals surface area contributed by atoms with E-state index in [1.54, 1.807) is 7.11 Å². The lowest BCUT2D eigenvalue weighted by Crippen LogP contribution is -2.40. The van der Waals surface area contributed by atoms with E-state index in [1.165, 1.54) is 31.2 Å². The quantitative estimate of drug-likeness (QED) is 0.238. The maximum absolute atomic E-state index is 5.23. The first kappa shape index (κ1) is 27.2. The molecule has 2 aromatic rings. The SMILES string of the molecule is CCCCC(CC)CNC(=NCc1nnc(C)n1C)NCCc1ccc(OC)cc1.I. The van der Waals surface area contributed by atoms with Gasteiger partial charge in [-0.05, 0) is 43.4 Å². The first-order chi connectivity index (χ1) is 14.6. The second-order valence-corrected chi connectivity index (χ2v) is 7.71. The Kier molecular flexibility index (Phi) is 13.2. The Labute approximate surface area is 204 Å². The molecule has 1 heterocycles. The Morgan fingerprint density at radius 1 is 1.16 bits per heavy atom. The fourth-order valence-electron chi connectivity index (χ4n) is 3.21. The van der Waals surface area contributed by atoms with Crippen LogP contribution in [0, 0.1) is 12.8 Å². The summed E-state index contributed by atoms with van der Waals surface area (Å²) in [7, 11) is 3.66. The molecule has 1 atom stereocenters. The molecule has 0 bridgehead atoms. The van der Waals surface area contributed by atoms with Gasteiger partial charge in [-0.15, -0.1) is 34.2 Å². The summed E-state index contributed by atoms with van der Waals surface area (Å²) in [6.07, 6.45) is 5.86. The lowest BCUT2D eigenvalue weighted by Gasteiger charge is -2.18. The zero-order chi connectivity index (χ0) is 21.8. The molecule has 0 aliphatic carbocycles. The standard InChI is InChI=1S/C23H38N6O.HI/c1-6-8-9-19(7-2)16-25-23(26-17-22-28-27-18(3)29(22)4)24-15-14-20-10-12-21(30-5)13-11-20;/h10-13,19H,6-9,14-17H2,1-5H3,(H2,24,25,26);1H. The molecule has 1 unspecified atom stereocenters. The van der Waals surface area contributed by atoms with Crippen LogP contribution in [-0.4, -0.2) is 40.9 Å². The monoisotopic (exact) mass is 542 g/mol. The van der Waals surface area contributed by atoms with Crippen LogP contribution in [0.5, 0.6) is 5.75 Å². The summed E-state index contributed by atoms with van der Waals surface area (Å²) >= 11 is 0. The van der Waals surface area contributed by atoms with Gasteiger partial charge in [0.1, 0.15) is 18.1 Å². The van der Waals surface area contributed by atoms with E-state index in [4.69, 9.17) is 9.73 Å². The molecule has 0 radical (unpaired) electrons. The van der Waals surface area contributed by atoms with Gasteiger partial charge >= 0.3 is 0 Å². The number of halogens is 1. The van der Waals surface area contributed by atoms with Crippen LogP contribution in [0.2, 0.25) is 0 Å². The van der Waals surface area contributed by atoms with Gasteiger partial charge in [0, 0.05) is 20.1 Å². The Morgan fingerprint density at radius 2 is 1.90 bits per heavy atom. The van der Waals surface area contributed by atoms with Crippen LogP contribution in [0.4, 0.5) is 0 Å². The Hall–Kier alpha value is -1.84. The van der Waals surface area contributed by atoms with Crippen molar-refractivity contribution < 1.29 is 4.74 Å². The van der Waals surface area contributed by atoms with E-state index in [2.05, 4.69) is 46.8 Å². The minimum atomic E-state index is 0. The van der Waals surface area contributed by atoms with Crippen molar-refractivity contribution in [3.05, 3.63) is 41.5 Å². The average molecular weight is 543 g/mol. The van der Waals surface area contributed by atoms with Crippen LogP contribution >= 0.6 is 24.0 Å². The zero-order valence-electron chi connectivity index (χ0n) is 19.6. The zero-order valence-corrected chi connectivity index (χ0v) is 22.0. The summed E-state index contributed by atoms with van der Waals surface area (Å²) in [4.78, 5) is 4.76. The van der Waals surface area contributed by atoms with Crippen molar-refractivity contribution in [2.45, 2.75) is 59.4 Å². The van der Waals surface area contributed by atoms with Gasteiger partial charge in [0.05, 0.1) is 7.11 Å². The highest BCUT2D eigenvalue weighted by Crippen LogP contribution is 2.12. The van der Waals surface area contributed by atoms with Crippen molar-refractivity contribution in [2.24, 2.45) is 18.0 Å². The Balaban J connectivity index is 0.00000480. The predicted octanol–water partition coefficient (Wildman–Crippen LogP) is 4.24. The number of methoxy groups -OCH3 is 1. The van der Waals surface area contributed by atoms with Crippen molar-refractivity contribution in [3.8, 4) is 5.75 Å². The molecule has 7 nitrogen and oxygen atoms in total. The molecule has 8 heteroatoms. The largest absolute Gasteiger partial charge is 0.497 e. The lowest BCUT2D eigenvalue weighted by molar-refractivity contribution is 0.414. The van der Waals surface area contributed by atoms with Gasteiger partial charge in [-0.1, -0.05) is 45.2 Å². The molecule has 0 fully saturated rings. The predicted molar refractivity (Wildman–Crippen MR) is 138 cm³/mol. The third-order valence-electron chi connectivity index (χ3n) is 5.53. The third kappa shape index (κ3) is 9.45. The number of aromatic nitrogens is 3. The molecular formula is C23H39IN6O. The number of rotatable bonds is 12. The first-order valence-electron chi connectivity index (χ1n) is 11.1. The van der Waals surface area contributed by atoms with E-state index < -0.39 is 0 Å². The molecule has 0 aliphatic rings. The van der Waals surface area contributed by atoms with Crippen LogP contribution < -0.4 is 15.4 Å². The van der Waals surface area contributed by atoms with Gasteiger partial charge in [-0.25, -0.2) is 4.99 Å². The summed E-state index contributed by atoms with van der Waals surface area (Å²) in [6.45, 7) is 8.70. The summed E-state index contributed by atoms with van der Waals surface area (Å²) in [5, 5.41) is 15.4. The fourth-order valence-corrected chi connectivity index (χ4v) is 3.21. The van der Waals surface area contributed by atoms with Gasteiger partial charge < -0.3 is 19.9 Å². The highest BCUT2D eigenvalue weighted by molar-refractivity contribution is 14.0. The number of nitrogens with zero attached hydrogens (tertiary/aromatic N) is 4. The number of hydrogen-bond donors (Lipinski definition) is 2. The number of nitrogens with one attached hydrogen (secondary N) is 2. The van der Waals surface area contributed by atoms with Crippen LogP contribution in [-0.2, 0) is 20.0 Å². The van der Waals surface area contributed by atoms with Gasteiger partial charge in [-0.2, -0.15) is 0 Å². The second-order valence-electron chi connectivity index (χ2n) is 7.71. The summed E-state index contributed by atoms with van der Waals surface area (Å²) in [6, 6.07) is 8.20. The number of guanidine groups is 1. The molecule has 0 saturated heterocycles. The van der Waals surface area contributed by atoms with Gasteiger partial charge in [-0.3, -0.25) is 0 Å². The number of aliphatic imine (C=N–C) groups is 1. The smallest absolute Gasteiger partial charge is 0.191 e. The fraction of sp³-hybridized carbons (Fsp3) is 0.609. The van der Waals surface area contributed by atoms with Crippen LogP contribution in [0.1, 0.15) is 56.7 Å². The molecule has 174 valence electrons. The normalized spacial score (nSPS) is 12.2. The van der Waals surface area contributed by atoms with Crippen molar-refractivity contribution in [1.82, 2.24) is 25.4 Å². The number of aryl methyl sites for hydroxylation is 1. The number of benzene rings is 1. The minimum Gasteiger partial charge on any atom is -0.497 e. The van der Waals surface area contributed by atoms with Gasteiger partial charge in [0.25, 0.3) is 0 Å². The van der Waals surface area contributed by atoms with Crippen LogP contribution in [0.15, 0.2) is 29.3 Å². The highest BCUT2D eigenvalue weighted by atomic mass is 127. The maximum atomic E-state index is 5.23. The molecule has 1 aromatic carbocycles. The lowest BCUT2D eigenvalue weighted by atomic mass is 9.99. The molecule has 1 aromatic heterocycles. The number of ether oxygens (including phenoxy) is 1. The van der Waals surface area contributed by atoms with Crippen molar-refractivity contribution >= 4 is 29.9 Å². The molecule has 31 heavy (non-hydrogen) atoms. The van der Waals surface area contributed by atoms with E-state index in [1.807, 2.05) is 30.7 Å². The van der Waals surface area contributed by atoms with Gasteiger partial charge in [0.15, 0.2) is 11.8 Å². The summed E-state index contributed by atoms with van der Waals surface area (Å²) < 4.78 is 7.21. The minimum absolute atomic E-state index is 0. The van der Waals surface area contributed by atoms with Crippen LogP contribution in [0.25, 0.3) is 0 Å². The summed E-state index contributed by atoms with van der Waals surface area (Å²) in [5.74, 6) is 4.14. The number of hydrogen-bond acceptors (Lipinski definition) is 4.